The zero-order valence-electron chi connectivity index (χ0n) is 8.30. The van der Waals surface area contributed by atoms with Crippen molar-refractivity contribution < 1.29 is 32.7 Å². The largest absolute Gasteiger partial charge is 0.340 e. The molecule has 13 heavy (non-hydrogen) atoms. The first-order valence-electron chi connectivity index (χ1n) is 4.17. The van der Waals surface area contributed by atoms with Crippen molar-refractivity contribution in [3.8, 4) is 0 Å². The van der Waals surface area contributed by atoms with E-state index >= 15 is 0 Å². The molecule has 0 fully saturated rings. The first kappa shape index (κ1) is 13.1. The molecule has 1 rings (SSSR count). The maximum absolute atomic E-state index is 3.82. The monoisotopic (exact) mass is 247 g/mol. The molecule has 1 aromatic rings. The van der Waals surface area contributed by atoms with Gasteiger partial charge in [0.1, 0.15) is 0 Å². The molecular weight excluding hydrogens is 233 g/mol. The van der Waals surface area contributed by atoms with Crippen molar-refractivity contribution in [1.82, 2.24) is 0 Å². The van der Waals surface area contributed by atoms with Crippen molar-refractivity contribution in [2.75, 3.05) is 0 Å². The van der Waals surface area contributed by atoms with Crippen molar-refractivity contribution in [1.29, 1.82) is 0 Å². The zero-order valence-corrected chi connectivity index (χ0v) is 11.1. The Morgan fingerprint density at radius 3 is 2.85 bits per heavy atom. The van der Waals surface area contributed by atoms with Crippen molar-refractivity contribution in [2.45, 2.75) is 20.3 Å². The fourth-order valence-electron chi connectivity index (χ4n) is 1.03. The molecule has 0 aromatic heterocycles. The van der Waals surface area contributed by atoms with E-state index in [4.69, 9.17) is 0 Å². The minimum Gasteiger partial charge on any atom is -0.340 e. The second-order valence-electron chi connectivity index (χ2n) is 3.06. The minimum atomic E-state index is 0. The predicted octanol–water partition coefficient (Wildman–Crippen LogP) is 3.42. The minimum absolute atomic E-state index is 0. The van der Waals surface area contributed by atoms with Crippen LogP contribution in [0.1, 0.15) is 24.5 Å². The molecule has 0 saturated heterocycles. The third-order valence-electron chi connectivity index (χ3n) is 1.78. The molecule has 0 atom stereocenters. The summed E-state index contributed by atoms with van der Waals surface area (Å²) in [6.07, 6.45) is 2.99. The van der Waals surface area contributed by atoms with E-state index in [9.17, 15) is 0 Å². The van der Waals surface area contributed by atoms with Crippen LogP contribution in [0.5, 0.6) is 0 Å². The summed E-state index contributed by atoms with van der Waals surface area (Å²) in [5.74, 6) is 0. The van der Waals surface area contributed by atoms with Crippen LogP contribution in [0.3, 0.4) is 0 Å². The maximum atomic E-state index is 3.82. The van der Waals surface area contributed by atoms with Crippen molar-refractivity contribution in [3.05, 3.63) is 47.9 Å². The van der Waals surface area contributed by atoms with Crippen molar-refractivity contribution in [3.63, 3.8) is 0 Å². The SMILES string of the molecule is [CH2-]C/C(C)=C\c1[c-]ccc(C)c1.[Y]. The van der Waals surface area contributed by atoms with Gasteiger partial charge in [0, 0.05) is 32.7 Å². The van der Waals surface area contributed by atoms with Gasteiger partial charge in [-0.3, -0.25) is 0 Å². The topological polar surface area (TPSA) is 0 Å². The molecule has 0 N–H and O–H groups in total. The Balaban J connectivity index is 0.00000144. The number of hydrogen-bond donors (Lipinski definition) is 0. The van der Waals surface area contributed by atoms with E-state index in [-0.39, 0.29) is 32.7 Å². The summed E-state index contributed by atoms with van der Waals surface area (Å²) in [7, 11) is 0. The molecule has 1 radical (unpaired) electrons. The van der Waals surface area contributed by atoms with Gasteiger partial charge < -0.3 is 6.92 Å². The Labute approximate surface area is 106 Å². The molecule has 67 valence electrons. The van der Waals surface area contributed by atoms with Gasteiger partial charge in [-0.2, -0.15) is 12.0 Å². The Morgan fingerprint density at radius 1 is 1.62 bits per heavy atom. The first-order chi connectivity index (χ1) is 5.72. The molecule has 1 heteroatoms. The van der Waals surface area contributed by atoms with Crippen LogP contribution >= 0.6 is 0 Å². The van der Waals surface area contributed by atoms with E-state index in [1.807, 2.05) is 6.07 Å². The number of hydrogen-bond acceptors (Lipinski definition) is 0. The Bertz CT molecular complexity index is 287. The van der Waals surface area contributed by atoms with Gasteiger partial charge in [-0.1, -0.05) is 13.8 Å². The quantitative estimate of drug-likeness (QED) is 0.702. The smallest absolute Gasteiger partial charge is 0 e. The second kappa shape index (κ2) is 6.51. The summed E-state index contributed by atoms with van der Waals surface area (Å²) in [5.41, 5.74) is 3.71. The normalized spacial score (nSPS) is 10.8. The molecule has 0 nitrogen and oxygen atoms in total. The molecule has 0 aliphatic rings. The predicted molar refractivity (Wildman–Crippen MR) is 53.6 cm³/mol. The molecule has 0 heterocycles. The molecular formula is C12H14Y-2. The molecule has 0 aliphatic heterocycles. The van der Waals surface area contributed by atoms with E-state index in [0.29, 0.717) is 0 Å². The van der Waals surface area contributed by atoms with Crippen LogP contribution in [0.15, 0.2) is 23.8 Å². The second-order valence-corrected chi connectivity index (χ2v) is 3.06. The number of rotatable bonds is 2. The molecule has 0 bridgehead atoms. The standard InChI is InChI=1S/C12H14.Y/c1-4-10(2)8-12-7-5-6-11(3)9-12;/h5-6,8-9H,1,4H2,2-3H3;/q-2;/b10-8-;. The summed E-state index contributed by atoms with van der Waals surface area (Å²) in [4.78, 5) is 0. The van der Waals surface area contributed by atoms with E-state index in [1.54, 1.807) is 0 Å². The molecule has 0 amide bonds. The van der Waals surface area contributed by atoms with Gasteiger partial charge in [0.25, 0.3) is 0 Å². The van der Waals surface area contributed by atoms with Crippen LogP contribution < -0.4 is 0 Å². The first-order valence-corrected chi connectivity index (χ1v) is 4.17. The Hall–Kier alpha value is 0.0639. The van der Waals surface area contributed by atoms with Gasteiger partial charge in [-0.05, 0) is 0 Å². The summed E-state index contributed by atoms with van der Waals surface area (Å²) in [6.45, 7) is 8.00. The molecule has 0 spiro atoms. The van der Waals surface area contributed by atoms with Crippen molar-refractivity contribution in [2.24, 2.45) is 0 Å². The van der Waals surface area contributed by atoms with Crippen LogP contribution in [0.2, 0.25) is 0 Å². The van der Waals surface area contributed by atoms with Gasteiger partial charge in [0.2, 0.25) is 0 Å². The molecule has 0 unspecified atom stereocenters. The van der Waals surface area contributed by atoms with Crippen LogP contribution in [0, 0.1) is 19.9 Å². The van der Waals surface area contributed by atoms with Gasteiger partial charge in [0.05, 0.1) is 0 Å². The summed E-state index contributed by atoms with van der Waals surface area (Å²) < 4.78 is 0. The van der Waals surface area contributed by atoms with Gasteiger partial charge in [-0.15, -0.1) is 41.5 Å². The summed E-state index contributed by atoms with van der Waals surface area (Å²) in [5, 5.41) is 0. The van der Waals surface area contributed by atoms with Crippen LogP contribution in [0.4, 0.5) is 0 Å². The summed E-state index contributed by atoms with van der Waals surface area (Å²) >= 11 is 0. The Morgan fingerprint density at radius 2 is 2.31 bits per heavy atom. The third kappa shape index (κ3) is 4.73. The van der Waals surface area contributed by atoms with E-state index in [0.717, 1.165) is 12.0 Å². The fourth-order valence-corrected chi connectivity index (χ4v) is 1.03. The van der Waals surface area contributed by atoms with Crippen molar-refractivity contribution >= 4 is 6.08 Å². The number of aryl methyl sites for hydroxylation is 1. The summed E-state index contributed by atoms with van der Waals surface area (Å²) in [6, 6.07) is 9.30. The number of benzene rings is 1. The van der Waals surface area contributed by atoms with Gasteiger partial charge in [0.15, 0.2) is 0 Å². The molecule has 0 saturated carbocycles. The van der Waals surface area contributed by atoms with Crippen LogP contribution in [-0.2, 0) is 32.7 Å². The Kier molecular flexibility index (Phi) is 6.54. The maximum Gasteiger partial charge on any atom is 0 e. The molecule has 1 aromatic carbocycles. The van der Waals surface area contributed by atoms with E-state index in [1.165, 1.54) is 11.1 Å². The van der Waals surface area contributed by atoms with Crippen LogP contribution in [0.25, 0.3) is 6.08 Å². The average Bonchev–Trinajstić information content (AvgIpc) is 2.04. The van der Waals surface area contributed by atoms with Gasteiger partial charge in [-0.25, -0.2) is 0 Å². The fraction of sp³-hybridized carbons (Fsp3) is 0.250. The van der Waals surface area contributed by atoms with E-state index in [2.05, 4.69) is 45.0 Å². The van der Waals surface area contributed by atoms with Crippen LogP contribution in [-0.4, -0.2) is 0 Å². The average molecular weight is 247 g/mol. The van der Waals surface area contributed by atoms with Gasteiger partial charge >= 0.3 is 0 Å². The van der Waals surface area contributed by atoms with E-state index < -0.39 is 0 Å². The zero-order chi connectivity index (χ0) is 8.97. The number of allylic oxidation sites excluding steroid dienone is 1. The third-order valence-corrected chi connectivity index (χ3v) is 1.78. The molecule has 0 aliphatic carbocycles.